The molecule has 3 heterocycles. The van der Waals surface area contributed by atoms with Gasteiger partial charge in [0.25, 0.3) is 5.56 Å². The second-order valence-corrected chi connectivity index (χ2v) is 10.0. The van der Waals surface area contributed by atoms with Gasteiger partial charge >= 0.3 is 0 Å². The molecule has 1 aliphatic heterocycles. The predicted molar refractivity (Wildman–Crippen MR) is 136 cm³/mol. The normalized spacial score (nSPS) is 17.9. The van der Waals surface area contributed by atoms with Crippen LogP contribution in [-0.4, -0.2) is 33.4 Å². The lowest BCUT2D eigenvalue weighted by Crippen LogP contribution is -2.32. The highest BCUT2D eigenvalue weighted by Crippen LogP contribution is 2.33. The Balaban J connectivity index is 1.30. The molecule has 35 heavy (non-hydrogen) atoms. The molecule has 1 aliphatic carbocycles. The number of likely N-dealkylation sites (tertiary alicyclic amines) is 1. The van der Waals surface area contributed by atoms with Crippen LogP contribution in [0.5, 0.6) is 0 Å². The van der Waals surface area contributed by atoms with Gasteiger partial charge in [0, 0.05) is 47.8 Å². The third kappa shape index (κ3) is 4.07. The van der Waals surface area contributed by atoms with Crippen LogP contribution in [0, 0.1) is 25.7 Å². The SMILES string of the molecule is Cc1nc(-c2ccc(-c3ccc4occc4c3)cc2)n(C[C@@H]2CCN(C(=O)C3CC3)C2)c(=O)c1C. The van der Waals surface area contributed by atoms with E-state index in [9.17, 15) is 9.59 Å². The summed E-state index contributed by atoms with van der Waals surface area (Å²) in [5.41, 5.74) is 5.45. The van der Waals surface area contributed by atoms with Crippen LogP contribution in [0.3, 0.4) is 0 Å². The van der Waals surface area contributed by atoms with Crippen molar-refractivity contribution < 1.29 is 9.21 Å². The Labute approximate surface area is 204 Å². The van der Waals surface area contributed by atoms with Crippen molar-refractivity contribution in [2.45, 2.75) is 39.7 Å². The van der Waals surface area contributed by atoms with E-state index in [1.54, 1.807) is 6.26 Å². The Morgan fingerprint density at radius 2 is 1.74 bits per heavy atom. The zero-order valence-electron chi connectivity index (χ0n) is 20.2. The van der Waals surface area contributed by atoms with Gasteiger partial charge in [-0.25, -0.2) is 4.98 Å². The first-order valence-electron chi connectivity index (χ1n) is 12.4. The Kier molecular flexibility index (Phi) is 5.32. The summed E-state index contributed by atoms with van der Waals surface area (Å²) in [5, 5.41) is 1.07. The van der Waals surface area contributed by atoms with Gasteiger partial charge in [0.05, 0.1) is 6.26 Å². The van der Waals surface area contributed by atoms with E-state index in [0.717, 1.165) is 65.7 Å². The zero-order chi connectivity index (χ0) is 24.1. The third-order valence-corrected chi connectivity index (χ3v) is 7.53. The predicted octanol–water partition coefficient (Wildman–Crippen LogP) is 5.20. The van der Waals surface area contributed by atoms with Crippen LogP contribution >= 0.6 is 0 Å². The summed E-state index contributed by atoms with van der Waals surface area (Å²) in [6.07, 6.45) is 4.67. The van der Waals surface area contributed by atoms with E-state index < -0.39 is 0 Å². The molecule has 2 aliphatic rings. The fourth-order valence-electron chi connectivity index (χ4n) is 5.13. The fraction of sp³-hybridized carbons (Fsp3) is 0.345. The standard InChI is InChI=1S/C29H29N3O3/c1-18-19(2)30-27(32(28(18)33)17-20-11-13-31(16-20)29(34)23-7-8-23)22-5-3-21(4-6-22)24-9-10-26-25(15-24)12-14-35-26/h3-6,9-10,12,14-15,20,23H,7-8,11,13,16-17H2,1-2H3/t20-/m1/s1. The number of nitrogens with zero attached hydrogens (tertiary/aromatic N) is 3. The second-order valence-electron chi connectivity index (χ2n) is 10.0. The van der Waals surface area contributed by atoms with E-state index >= 15 is 0 Å². The molecule has 2 aromatic heterocycles. The number of carbonyl (C=O) groups excluding carboxylic acids is 1. The van der Waals surface area contributed by atoms with Crippen molar-refractivity contribution in [2.24, 2.45) is 11.8 Å². The number of hydrogen-bond donors (Lipinski definition) is 0. The van der Waals surface area contributed by atoms with Crippen molar-refractivity contribution in [3.8, 4) is 22.5 Å². The molecule has 2 fully saturated rings. The lowest BCUT2D eigenvalue weighted by molar-refractivity contribution is -0.131. The average molecular weight is 468 g/mol. The van der Waals surface area contributed by atoms with Crippen molar-refractivity contribution in [2.75, 3.05) is 13.1 Å². The van der Waals surface area contributed by atoms with Crippen molar-refractivity contribution in [3.63, 3.8) is 0 Å². The van der Waals surface area contributed by atoms with E-state index in [1.807, 2.05) is 47.6 Å². The lowest BCUT2D eigenvalue weighted by Gasteiger charge is -2.19. The fourth-order valence-corrected chi connectivity index (χ4v) is 5.13. The van der Waals surface area contributed by atoms with Crippen LogP contribution in [0.25, 0.3) is 33.5 Å². The maximum atomic E-state index is 13.3. The van der Waals surface area contributed by atoms with Gasteiger partial charge in [0.1, 0.15) is 11.4 Å². The van der Waals surface area contributed by atoms with Gasteiger partial charge in [0.15, 0.2) is 0 Å². The minimum absolute atomic E-state index is 0.00829. The molecule has 1 amide bonds. The highest BCUT2D eigenvalue weighted by Gasteiger charge is 2.36. The van der Waals surface area contributed by atoms with Crippen molar-refractivity contribution in [1.29, 1.82) is 0 Å². The van der Waals surface area contributed by atoms with Gasteiger partial charge in [-0.15, -0.1) is 0 Å². The summed E-state index contributed by atoms with van der Waals surface area (Å²) >= 11 is 0. The van der Waals surface area contributed by atoms with E-state index in [4.69, 9.17) is 9.40 Å². The Morgan fingerprint density at radius 3 is 2.51 bits per heavy atom. The first-order chi connectivity index (χ1) is 17.0. The highest BCUT2D eigenvalue weighted by atomic mass is 16.3. The largest absolute Gasteiger partial charge is 0.464 e. The van der Waals surface area contributed by atoms with E-state index in [-0.39, 0.29) is 17.4 Å². The smallest absolute Gasteiger partial charge is 0.256 e. The molecule has 0 N–H and O–H groups in total. The summed E-state index contributed by atoms with van der Waals surface area (Å²) in [6.45, 7) is 5.83. The molecule has 1 atom stereocenters. The number of aromatic nitrogens is 2. The van der Waals surface area contributed by atoms with Crippen molar-refractivity contribution in [1.82, 2.24) is 14.5 Å². The molecule has 6 heteroatoms. The summed E-state index contributed by atoms with van der Waals surface area (Å²) in [6, 6.07) is 16.4. The second kappa shape index (κ2) is 8.52. The number of furan rings is 1. The van der Waals surface area contributed by atoms with E-state index in [2.05, 4.69) is 24.3 Å². The van der Waals surface area contributed by atoms with Crippen molar-refractivity contribution in [3.05, 3.63) is 76.4 Å². The Bertz CT molecular complexity index is 1480. The number of benzene rings is 2. The van der Waals surface area contributed by atoms with Gasteiger partial charge in [-0.1, -0.05) is 30.3 Å². The van der Waals surface area contributed by atoms with E-state index in [0.29, 0.717) is 23.8 Å². The molecule has 0 bridgehead atoms. The highest BCUT2D eigenvalue weighted by molar-refractivity contribution is 5.84. The molecule has 0 unspecified atom stereocenters. The summed E-state index contributed by atoms with van der Waals surface area (Å²) in [5.74, 6) is 1.49. The van der Waals surface area contributed by atoms with Crippen LogP contribution in [0.4, 0.5) is 0 Å². The van der Waals surface area contributed by atoms with Crippen molar-refractivity contribution >= 4 is 16.9 Å². The van der Waals surface area contributed by atoms with Crippen LogP contribution in [0.1, 0.15) is 30.5 Å². The monoisotopic (exact) mass is 467 g/mol. The summed E-state index contributed by atoms with van der Waals surface area (Å²) in [7, 11) is 0. The van der Waals surface area contributed by atoms with Gasteiger partial charge < -0.3 is 9.32 Å². The molecule has 6 rings (SSSR count). The zero-order valence-corrected chi connectivity index (χ0v) is 20.2. The molecule has 178 valence electrons. The van der Waals surface area contributed by atoms with Gasteiger partial charge in [0.2, 0.25) is 5.91 Å². The minimum Gasteiger partial charge on any atom is -0.464 e. The summed E-state index contributed by atoms with van der Waals surface area (Å²) < 4.78 is 7.28. The maximum Gasteiger partial charge on any atom is 0.256 e. The third-order valence-electron chi connectivity index (χ3n) is 7.53. The van der Waals surface area contributed by atoms with Gasteiger partial charge in [-0.05, 0) is 68.4 Å². The number of aryl methyl sites for hydroxylation is 1. The topological polar surface area (TPSA) is 68.3 Å². The van der Waals surface area contributed by atoms with Crippen LogP contribution in [-0.2, 0) is 11.3 Å². The maximum absolute atomic E-state index is 13.3. The van der Waals surface area contributed by atoms with Crippen LogP contribution in [0.2, 0.25) is 0 Å². The Hall–Kier alpha value is -3.67. The molecular formula is C29H29N3O3. The van der Waals surface area contributed by atoms with Gasteiger partial charge in [-0.2, -0.15) is 0 Å². The number of amides is 1. The van der Waals surface area contributed by atoms with Crippen LogP contribution in [0.15, 0.2) is 64.0 Å². The molecule has 0 spiro atoms. The molecule has 1 saturated carbocycles. The average Bonchev–Trinajstić information content (AvgIpc) is 3.44. The number of hydrogen-bond acceptors (Lipinski definition) is 4. The number of fused-ring (bicyclic) bond motifs is 1. The number of carbonyl (C=O) groups is 1. The first kappa shape index (κ1) is 21.8. The molecule has 6 nitrogen and oxygen atoms in total. The molecule has 1 saturated heterocycles. The molecular weight excluding hydrogens is 438 g/mol. The minimum atomic E-state index is 0.00829. The first-order valence-corrected chi connectivity index (χ1v) is 12.4. The summed E-state index contributed by atoms with van der Waals surface area (Å²) in [4.78, 5) is 32.7. The van der Waals surface area contributed by atoms with Gasteiger partial charge in [-0.3, -0.25) is 14.2 Å². The molecule has 2 aromatic carbocycles. The molecule has 0 radical (unpaired) electrons. The quantitative estimate of drug-likeness (QED) is 0.405. The molecule has 4 aromatic rings. The van der Waals surface area contributed by atoms with Crippen LogP contribution < -0.4 is 5.56 Å². The Morgan fingerprint density at radius 1 is 1.00 bits per heavy atom. The number of rotatable bonds is 5. The van der Waals surface area contributed by atoms with E-state index in [1.165, 1.54) is 0 Å². The lowest BCUT2D eigenvalue weighted by atomic mass is 10.0.